The molecule has 0 spiro atoms. The van der Waals surface area contributed by atoms with Crippen LogP contribution in [-0.2, 0) is 11.0 Å². The van der Waals surface area contributed by atoms with Gasteiger partial charge >= 0.3 is 6.18 Å². The van der Waals surface area contributed by atoms with E-state index in [1.807, 2.05) is 0 Å². The average molecular weight is 305 g/mol. The first kappa shape index (κ1) is 17.1. The molecular formula is C8H12ClF3N4OS. The molecule has 1 heterocycles. The van der Waals surface area contributed by atoms with Gasteiger partial charge in [0, 0.05) is 6.04 Å². The highest BCUT2D eigenvalue weighted by Crippen LogP contribution is 2.33. The van der Waals surface area contributed by atoms with Gasteiger partial charge in [0.2, 0.25) is 16.0 Å². The zero-order valence-corrected chi connectivity index (χ0v) is 11.1. The summed E-state index contributed by atoms with van der Waals surface area (Å²) in [6, 6.07) is -0.398. The Morgan fingerprint density at radius 3 is 2.33 bits per heavy atom. The van der Waals surface area contributed by atoms with E-state index in [0.717, 1.165) is 0 Å². The Bertz CT molecular complexity index is 409. The van der Waals surface area contributed by atoms with Crippen LogP contribution in [0.5, 0.6) is 0 Å². The molecule has 0 aliphatic carbocycles. The van der Waals surface area contributed by atoms with E-state index < -0.39 is 29.1 Å². The molecule has 0 aliphatic heterocycles. The molecule has 3 N–H and O–H groups in total. The van der Waals surface area contributed by atoms with Crippen molar-refractivity contribution >= 4 is 34.8 Å². The summed E-state index contributed by atoms with van der Waals surface area (Å²) in [6.07, 6.45) is -4.55. The minimum absolute atomic E-state index is 0. The summed E-state index contributed by atoms with van der Waals surface area (Å²) in [4.78, 5) is 11.5. The molecule has 0 radical (unpaired) electrons. The normalized spacial score (nSPS) is 14.6. The second-order valence-corrected chi connectivity index (χ2v) is 4.52. The minimum Gasteiger partial charge on any atom is -0.327 e. The van der Waals surface area contributed by atoms with Crippen LogP contribution in [0.3, 0.4) is 0 Å². The molecule has 0 aliphatic rings. The first-order chi connectivity index (χ1) is 7.71. The third-order valence-corrected chi connectivity index (χ3v) is 2.98. The molecule has 2 unspecified atom stereocenters. The highest BCUT2D eigenvalue weighted by Gasteiger charge is 2.36. The van der Waals surface area contributed by atoms with Crippen LogP contribution in [0.2, 0.25) is 0 Å². The van der Waals surface area contributed by atoms with Gasteiger partial charge in [-0.15, -0.1) is 22.6 Å². The molecule has 2 atom stereocenters. The van der Waals surface area contributed by atoms with E-state index in [4.69, 9.17) is 5.73 Å². The third-order valence-electron chi connectivity index (χ3n) is 2.10. The fourth-order valence-electron chi connectivity index (χ4n) is 0.846. The number of rotatable bonds is 3. The van der Waals surface area contributed by atoms with E-state index in [-0.39, 0.29) is 28.9 Å². The highest BCUT2D eigenvalue weighted by molar-refractivity contribution is 7.15. The molecule has 5 nitrogen and oxygen atoms in total. The summed E-state index contributed by atoms with van der Waals surface area (Å²) < 4.78 is 36.6. The highest BCUT2D eigenvalue weighted by atomic mass is 35.5. The molecule has 0 saturated carbocycles. The van der Waals surface area contributed by atoms with Crippen molar-refractivity contribution in [3.05, 3.63) is 5.01 Å². The lowest BCUT2D eigenvalue weighted by Crippen LogP contribution is -2.34. The molecule has 1 aromatic rings. The fraction of sp³-hybridized carbons (Fsp3) is 0.625. The van der Waals surface area contributed by atoms with Crippen molar-refractivity contribution in [2.24, 2.45) is 11.7 Å². The van der Waals surface area contributed by atoms with Gasteiger partial charge in [0.15, 0.2) is 0 Å². The van der Waals surface area contributed by atoms with E-state index >= 15 is 0 Å². The van der Waals surface area contributed by atoms with Crippen molar-refractivity contribution < 1.29 is 18.0 Å². The van der Waals surface area contributed by atoms with Crippen molar-refractivity contribution in [3.8, 4) is 0 Å². The van der Waals surface area contributed by atoms with Crippen LogP contribution >= 0.6 is 23.7 Å². The molecule has 0 aromatic carbocycles. The standard InChI is InChI=1S/C8H11F3N4OS.ClH/c1-3(4(2)12)5(16)13-7-15-14-6(17-7)8(9,10)11;/h3-4H,12H2,1-2H3,(H,13,15,16);1H. The Labute approximate surface area is 111 Å². The maximum atomic E-state index is 12.2. The maximum absolute atomic E-state index is 12.2. The summed E-state index contributed by atoms with van der Waals surface area (Å²) in [5.74, 6) is -1.00. The van der Waals surface area contributed by atoms with E-state index in [9.17, 15) is 18.0 Å². The number of halogens is 4. The van der Waals surface area contributed by atoms with Crippen molar-refractivity contribution in [2.45, 2.75) is 26.1 Å². The van der Waals surface area contributed by atoms with Gasteiger partial charge in [0.25, 0.3) is 0 Å². The average Bonchev–Trinajstić information content (AvgIpc) is 2.64. The van der Waals surface area contributed by atoms with Crippen LogP contribution in [0.15, 0.2) is 0 Å². The molecular weight excluding hydrogens is 293 g/mol. The van der Waals surface area contributed by atoms with Gasteiger partial charge < -0.3 is 11.1 Å². The van der Waals surface area contributed by atoms with Crippen LogP contribution in [-0.4, -0.2) is 22.1 Å². The lowest BCUT2D eigenvalue weighted by Gasteiger charge is -2.13. The number of anilines is 1. The number of hydrogen-bond donors (Lipinski definition) is 2. The number of nitrogens with zero attached hydrogens (tertiary/aromatic N) is 2. The van der Waals surface area contributed by atoms with Crippen LogP contribution in [0.25, 0.3) is 0 Å². The van der Waals surface area contributed by atoms with Crippen molar-refractivity contribution in [2.75, 3.05) is 5.32 Å². The van der Waals surface area contributed by atoms with Gasteiger partial charge in [0.05, 0.1) is 5.92 Å². The van der Waals surface area contributed by atoms with Crippen LogP contribution < -0.4 is 11.1 Å². The topological polar surface area (TPSA) is 80.9 Å². The number of alkyl halides is 3. The van der Waals surface area contributed by atoms with E-state index in [0.29, 0.717) is 0 Å². The number of carbonyl (C=O) groups is 1. The molecule has 1 rings (SSSR count). The molecule has 1 amide bonds. The van der Waals surface area contributed by atoms with Gasteiger partial charge in [-0.3, -0.25) is 4.79 Å². The number of aromatic nitrogens is 2. The summed E-state index contributed by atoms with van der Waals surface area (Å²) in [5.41, 5.74) is 5.49. The van der Waals surface area contributed by atoms with Crippen molar-refractivity contribution in [3.63, 3.8) is 0 Å². The summed E-state index contributed by atoms with van der Waals surface area (Å²) in [5, 5.41) is 7.14. The zero-order valence-electron chi connectivity index (χ0n) is 9.49. The number of nitrogens with two attached hydrogens (primary N) is 1. The summed E-state index contributed by atoms with van der Waals surface area (Å²) >= 11 is 0.277. The van der Waals surface area contributed by atoms with Crippen LogP contribution in [0.4, 0.5) is 18.3 Å². The van der Waals surface area contributed by atoms with Gasteiger partial charge in [-0.1, -0.05) is 18.3 Å². The number of hydrogen-bond acceptors (Lipinski definition) is 5. The second kappa shape index (κ2) is 6.30. The zero-order chi connectivity index (χ0) is 13.2. The Balaban J connectivity index is 0.00000289. The van der Waals surface area contributed by atoms with E-state index in [2.05, 4.69) is 15.5 Å². The Hall–Kier alpha value is -0.930. The fourth-order valence-corrected chi connectivity index (χ4v) is 1.46. The van der Waals surface area contributed by atoms with E-state index in [1.54, 1.807) is 13.8 Å². The molecule has 10 heteroatoms. The second-order valence-electron chi connectivity index (χ2n) is 3.55. The lowest BCUT2D eigenvalue weighted by atomic mass is 10.0. The summed E-state index contributed by atoms with van der Waals surface area (Å²) in [7, 11) is 0. The monoisotopic (exact) mass is 304 g/mol. The third kappa shape index (κ3) is 4.39. The number of amides is 1. The SMILES string of the molecule is CC(N)C(C)C(=O)Nc1nnc(C(F)(F)F)s1.Cl. The largest absolute Gasteiger partial charge is 0.445 e. The number of carbonyl (C=O) groups excluding carboxylic acids is 1. The van der Waals surface area contributed by atoms with Crippen molar-refractivity contribution in [1.29, 1.82) is 0 Å². The summed E-state index contributed by atoms with van der Waals surface area (Å²) in [6.45, 7) is 3.21. The van der Waals surface area contributed by atoms with Gasteiger partial charge in [-0.05, 0) is 6.92 Å². The molecule has 0 saturated heterocycles. The molecule has 18 heavy (non-hydrogen) atoms. The van der Waals surface area contributed by atoms with Gasteiger partial charge in [0.1, 0.15) is 0 Å². The molecule has 0 bridgehead atoms. The molecule has 0 fully saturated rings. The molecule has 104 valence electrons. The van der Waals surface area contributed by atoms with Crippen molar-refractivity contribution in [1.82, 2.24) is 10.2 Å². The smallest absolute Gasteiger partial charge is 0.327 e. The Kier molecular flexibility index (Phi) is 5.97. The predicted molar refractivity (Wildman–Crippen MR) is 63.6 cm³/mol. The lowest BCUT2D eigenvalue weighted by molar-refractivity contribution is -0.138. The van der Waals surface area contributed by atoms with E-state index in [1.165, 1.54) is 0 Å². The number of nitrogens with one attached hydrogen (secondary N) is 1. The first-order valence-electron chi connectivity index (χ1n) is 4.69. The van der Waals surface area contributed by atoms with Gasteiger partial charge in [-0.25, -0.2) is 0 Å². The minimum atomic E-state index is -4.55. The van der Waals surface area contributed by atoms with Crippen LogP contribution in [0, 0.1) is 5.92 Å². The quantitative estimate of drug-likeness (QED) is 0.893. The maximum Gasteiger partial charge on any atom is 0.445 e. The Morgan fingerprint density at radius 1 is 1.39 bits per heavy atom. The predicted octanol–water partition coefficient (Wildman–Crippen LogP) is 1.90. The van der Waals surface area contributed by atoms with Crippen LogP contribution in [0.1, 0.15) is 18.9 Å². The van der Waals surface area contributed by atoms with Gasteiger partial charge in [-0.2, -0.15) is 13.2 Å². The Morgan fingerprint density at radius 2 is 1.94 bits per heavy atom. The first-order valence-corrected chi connectivity index (χ1v) is 5.50. The molecule has 1 aromatic heterocycles.